The molecule has 0 aromatic heterocycles. The quantitative estimate of drug-likeness (QED) is 0.503. The summed E-state index contributed by atoms with van der Waals surface area (Å²) in [7, 11) is 0. The van der Waals surface area contributed by atoms with Crippen LogP contribution in [0.1, 0.15) is 67.2 Å². The van der Waals surface area contributed by atoms with E-state index >= 15 is 0 Å². The van der Waals surface area contributed by atoms with E-state index in [9.17, 15) is 0 Å². The van der Waals surface area contributed by atoms with Gasteiger partial charge in [-0.05, 0) is 36.5 Å². The van der Waals surface area contributed by atoms with Crippen LogP contribution in [0.2, 0.25) is 0 Å². The van der Waals surface area contributed by atoms with E-state index in [4.69, 9.17) is 0 Å². The predicted molar refractivity (Wildman–Crippen MR) is 61.9 cm³/mol. The lowest BCUT2D eigenvalue weighted by Gasteiger charge is -2.29. The summed E-state index contributed by atoms with van der Waals surface area (Å²) in [6.07, 6.45) is 6.12. The van der Waals surface area contributed by atoms with Crippen LogP contribution in [0.4, 0.5) is 0 Å². The average molecular weight is 184 g/mol. The van der Waals surface area contributed by atoms with Gasteiger partial charge in [0, 0.05) is 0 Å². The first-order valence-electron chi connectivity index (χ1n) is 6.18. The van der Waals surface area contributed by atoms with Crippen molar-refractivity contribution in [3.8, 4) is 0 Å². The summed E-state index contributed by atoms with van der Waals surface area (Å²) in [5.41, 5.74) is 0.711. The third-order valence-corrected chi connectivity index (χ3v) is 3.46. The third-order valence-electron chi connectivity index (χ3n) is 3.46. The molecule has 0 aromatic carbocycles. The van der Waals surface area contributed by atoms with Gasteiger partial charge in [0.15, 0.2) is 0 Å². The monoisotopic (exact) mass is 184 g/mol. The van der Waals surface area contributed by atoms with Gasteiger partial charge in [-0.25, -0.2) is 0 Å². The van der Waals surface area contributed by atoms with Crippen molar-refractivity contribution in [2.24, 2.45) is 17.3 Å². The number of hydrogen-bond donors (Lipinski definition) is 0. The minimum absolute atomic E-state index is 0.711. The van der Waals surface area contributed by atoms with E-state index in [1.807, 2.05) is 27.7 Å². The zero-order chi connectivity index (χ0) is 10.5. The van der Waals surface area contributed by atoms with Gasteiger partial charge in [0.25, 0.3) is 0 Å². The van der Waals surface area contributed by atoms with Gasteiger partial charge in [-0.15, -0.1) is 0 Å². The molecular weight excluding hydrogens is 156 g/mol. The van der Waals surface area contributed by atoms with Gasteiger partial charge >= 0.3 is 0 Å². The molecule has 2 atom stereocenters. The highest BCUT2D eigenvalue weighted by atomic mass is 14.5. The normalized spacial score (nSPS) is 32.8. The van der Waals surface area contributed by atoms with E-state index in [-0.39, 0.29) is 0 Å². The van der Waals surface area contributed by atoms with Crippen molar-refractivity contribution in [2.45, 2.75) is 67.2 Å². The molecule has 2 aliphatic carbocycles. The molecule has 0 saturated heterocycles. The molecule has 0 aliphatic heterocycles. The fourth-order valence-corrected chi connectivity index (χ4v) is 2.88. The van der Waals surface area contributed by atoms with Gasteiger partial charge in [-0.2, -0.15) is 0 Å². The summed E-state index contributed by atoms with van der Waals surface area (Å²) >= 11 is 0. The van der Waals surface area contributed by atoms with Crippen LogP contribution in [0.15, 0.2) is 0 Å². The molecule has 80 valence electrons. The maximum Gasteiger partial charge on any atom is -0.0323 e. The molecule has 2 bridgehead atoms. The van der Waals surface area contributed by atoms with Gasteiger partial charge in [0.05, 0.1) is 0 Å². The van der Waals surface area contributed by atoms with Crippen molar-refractivity contribution in [1.29, 1.82) is 0 Å². The van der Waals surface area contributed by atoms with Crippen molar-refractivity contribution in [1.82, 2.24) is 0 Å². The molecule has 0 unspecified atom stereocenters. The molecule has 0 N–H and O–H groups in total. The summed E-state index contributed by atoms with van der Waals surface area (Å²) in [5.74, 6) is 2.20. The largest absolute Gasteiger partial charge is 0.0683 e. The Morgan fingerprint density at radius 2 is 1.46 bits per heavy atom. The predicted octanol–water partition coefficient (Wildman–Crippen LogP) is 4.89. The first-order valence-corrected chi connectivity index (χ1v) is 6.18. The van der Waals surface area contributed by atoms with Crippen LogP contribution in [-0.2, 0) is 0 Å². The fraction of sp³-hybridized carbons (Fsp3) is 1.00. The van der Waals surface area contributed by atoms with Crippen molar-refractivity contribution < 1.29 is 0 Å². The smallest absolute Gasteiger partial charge is 0.0323 e. The van der Waals surface area contributed by atoms with Crippen molar-refractivity contribution in [2.75, 3.05) is 0 Å². The Bertz CT molecular complexity index is 124. The van der Waals surface area contributed by atoms with Crippen molar-refractivity contribution >= 4 is 0 Å². The lowest BCUT2D eigenvalue weighted by molar-refractivity contribution is 0.217. The molecular formula is C13H28. The topological polar surface area (TPSA) is 0 Å². The van der Waals surface area contributed by atoms with E-state index in [1.165, 1.54) is 19.3 Å². The number of fused-ring (bicyclic) bond motifs is 2. The molecule has 2 saturated carbocycles. The van der Waals surface area contributed by atoms with Gasteiger partial charge in [-0.1, -0.05) is 48.0 Å². The number of rotatable bonds is 0. The van der Waals surface area contributed by atoms with Crippen molar-refractivity contribution in [3.63, 3.8) is 0 Å². The van der Waals surface area contributed by atoms with Crippen LogP contribution in [0.25, 0.3) is 0 Å². The molecule has 0 radical (unpaired) electrons. The van der Waals surface area contributed by atoms with E-state index < -0.39 is 0 Å². The molecule has 13 heavy (non-hydrogen) atoms. The first-order chi connectivity index (χ1) is 6.18. The second kappa shape index (κ2) is 5.67. The van der Waals surface area contributed by atoms with Crippen LogP contribution in [0, 0.1) is 17.3 Å². The molecule has 0 aromatic rings. The Morgan fingerprint density at radius 3 is 1.62 bits per heavy atom. The zero-order valence-electron chi connectivity index (χ0n) is 10.5. The standard InChI is InChI=1S/C9H16.2C2H6/c1-9(2)6-7-3-4-8(9)5-7;2*1-2/h7-8H,3-6H2,1-2H3;2*1-2H3/t7-,8+;;/m0../s1. The highest BCUT2D eigenvalue weighted by Crippen LogP contribution is 2.55. The second-order valence-corrected chi connectivity index (χ2v) is 4.57. The Hall–Kier alpha value is 0. The molecule has 0 heteroatoms. The van der Waals surface area contributed by atoms with E-state index in [1.54, 1.807) is 6.42 Å². The van der Waals surface area contributed by atoms with E-state index in [2.05, 4.69) is 13.8 Å². The number of hydrogen-bond acceptors (Lipinski definition) is 0. The molecule has 0 amide bonds. The van der Waals surface area contributed by atoms with E-state index in [0.717, 1.165) is 11.8 Å². The van der Waals surface area contributed by atoms with Crippen molar-refractivity contribution in [3.05, 3.63) is 0 Å². The molecule has 0 heterocycles. The van der Waals surface area contributed by atoms with Gasteiger partial charge in [0.2, 0.25) is 0 Å². The summed E-state index contributed by atoms with van der Waals surface area (Å²) in [6.45, 7) is 12.9. The summed E-state index contributed by atoms with van der Waals surface area (Å²) in [5, 5.41) is 0. The van der Waals surface area contributed by atoms with Crippen LogP contribution in [0.3, 0.4) is 0 Å². The second-order valence-electron chi connectivity index (χ2n) is 4.57. The summed E-state index contributed by atoms with van der Waals surface area (Å²) in [6, 6.07) is 0. The van der Waals surface area contributed by atoms with Crippen LogP contribution < -0.4 is 0 Å². The Labute approximate surface area is 85.1 Å². The minimum atomic E-state index is 0.711. The highest BCUT2D eigenvalue weighted by molar-refractivity contribution is 4.95. The molecule has 2 fully saturated rings. The Balaban J connectivity index is 0.000000322. The maximum atomic E-state index is 2.44. The summed E-state index contributed by atoms with van der Waals surface area (Å²) < 4.78 is 0. The summed E-state index contributed by atoms with van der Waals surface area (Å²) in [4.78, 5) is 0. The average Bonchev–Trinajstić information content (AvgIpc) is 2.69. The lowest BCUT2D eigenvalue weighted by atomic mass is 9.77. The first kappa shape index (κ1) is 13.0. The SMILES string of the molecule is CC.CC.CC1(C)C[C@H]2CC[C@@H]1C2. The minimum Gasteiger partial charge on any atom is -0.0683 e. The van der Waals surface area contributed by atoms with Gasteiger partial charge in [-0.3, -0.25) is 0 Å². The Kier molecular flexibility index (Phi) is 5.67. The molecule has 2 rings (SSSR count). The molecule has 0 nitrogen and oxygen atoms in total. The van der Waals surface area contributed by atoms with Crippen LogP contribution in [-0.4, -0.2) is 0 Å². The molecule has 0 spiro atoms. The van der Waals surface area contributed by atoms with Crippen LogP contribution in [0.5, 0.6) is 0 Å². The zero-order valence-corrected chi connectivity index (χ0v) is 10.5. The highest BCUT2D eigenvalue weighted by Gasteiger charge is 2.44. The lowest BCUT2D eigenvalue weighted by Crippen LogP contribution is -2.19. The van der Waals surface area contributed by atoms with Gasteiger partial charge in [0.1, 0.15) is 0 Å². The third kappa shape index (κ3) is 3.00. The fourth-order valence-electron chi connectivity index (χ4n) is 2.88. The Morgan fingerprint density at radius 1 is 0.923 bits per heavy atom. The maximum absolute atomic E-state index is 2.44. The van der Waals surface area contributed by atoms with E-state index in [0.29, 0.717) is 5.41 Å². The van der Waals surface area contributed by atoms with Crippen LogP contribution >= 0.6 is 0 Å². The van der Waals surface area contributed by atoms with Gasteiger partial charge < -0.3 is 0 Å². The molecule has 2 aliphatic rings.